The van der Waals surface area contributed by atoms with Gasteiger partial charge in [0.1, 0.15) is 0 Å². The SMILES string of the molecule is COc1cc2c(cc1OC)[C@H](C(=O)NC1CCCCCC1)[C@H](c1cccnc1)N(C)C2=O. The molecule has 2 amide bonds. The topological polar surface area (TPSA) is 80.8 Å². The van der Waals surface area contributed by atoms with Crippen LogP contribution in [-0.4, -0.2) is 49.0 Å². The van der Waals surface area contributed by atoms with Gasteiger partial charge in [0.2, 0.25) is 5.91 Å². The Morgan fingerprint density at radius 2 is 1.78 bits per heavy atom. The molecule has 1 aliphatic carbocycles. The molecule has 1 aromatic carbocycles. The Balaban J connectivity index is 1.80. The fraction of sp³-hybridized carbons (Fsp3) is 0.480. The number of likely N-dealkylation sites (N-methyl/N-ethyl adjacent to an activating group) is 1. The lowest BCUT2D eigenvalue weighted by atomic mass is 9.79. The molecule has 1 fully saturated rings. The average Bonchev–Trinajstić information content (AvgIpc) is 3.09. The number of aromatic nitrogens is 1. The molecule has 1 aliphatic heterocycles. The van der Waals surface area contributed by atoms with Crippen LogP contribution < -0.4 is 14.8 Å². The fourth-order valence-corrected chi connectivity index (χ4v) is 5.01. The molecule has 2 aliphatic rings. The number of fused-ring (bicyclic) bond motifs is 1. The number of pyridine rings is 1. The van der Waals surface area contributed by atoms with Gasteiger partial charge in [-0.3, -0.25) is 14.6 Å². The maximum absolute atomic E-state index is 13.8. The molecule has 4 rings (SSSR count). The standard InChI is InChI=1S/C25H31N3O4/c1-28-23(16-9-8-12-26-15-16)22(24(29)27-17-10-6-4-5-7-11-17)18-13-20(31-2)21(32-3)14-19(18)25(28)30/h8-9,12-15,17,22-23H,4-7,10-11H2,1-3H3,(H,27,29)/t22-,23-/m0/s1. The number of benzene rings is 1. The molecule has 0 spiro atoms. The summed E-state index contributed by atoms with van der Waals surface area (Å²) < 4.78 is 10.9. The van der Waals surface area contributed by atoms with Gasteiger partial charge in [0.05, 0.1) is 26.2 Å². The van der Waals surface area contributed by atoms with Crippen LogP contribution in [0.4, 0.5) is 0 Å². The van der Waals surface area contributed by atoms with Gasteiger partial charge in [-0.25, -0.2) is 0 Å². The summed E-state index contributed by atoms with van der Waals surface area (Å²) >= 11 is 0. The molecule has 1 saturated carbocycles. The number of nitrogens with zero attached hydrogens (tertiary/aromatic N) is 2. The lowest BCUT2D eigenvalue weighted by molar-refractivity contribution is -0.125. The first kappa shape index (κ1) is 22.1. The molecule has 0 saturated heterocycles. The lowest BCUT2D eigenvalue weighted by Crippen LogP contribution is -2.47. The number of carbonyl (C=O) groups excluding carboxylic acids is 2. The zero-order valence-corrected chi connectivity index (χ0v) is 19.0. The van der Waals surface area contributed by atoms with E-state index in [1.165, 1.54) is 20.0 Å². The smallest absolute Gasteiger partial charge is 0.254 e. The molecule has 1 N–H and O–H groups in total. The van der Waals surface area contributed by atoms with E-state index in [1.807, 2.05) is 12.1 Å². The van der Waals surface area contributed by atoms with Gasteiger partial charge in [0.15, 0.2) is 11.5 Å². The Labute approximate surface area is 189 Å². The van der Waals surface area contributed by atoms with Gasteiger partial charge in [0.25, 0.3) is 5.91 Å². The van der Waals surface area contributed by atoms with Gasteiger partial charge in [-0.15, -0.1) is 0 Å². The number of hydrogen-bond donors (Lipinski definition) is 1. The number of nitrogens with one attached hydrogen (secondary N) is 1. The largest absolute Gasteiger partial charge is 0.493 e. The number of methoxy groups -OCH3 is 2. The molecule has 2 aromatic rings. The van der Waals surface area contributed by atoms with E-state index in [2.05, 4.69) is 10.3 Å². The molecule has 0 unspecified atom stereocenters. The third-order valence-electron chi connectivity index (χ3n) is 6.68. The predicted octanol–water partition coefficient (Wildman–Crippen LogP) is 3.85. The summed E-state index contributed by atoms with van der Waals surface area (Å²) in [5.41, 5.74) is 1.95. The Morgan fingerprint density at radius 3 is 2.41 bits per heavy atom. The number of ether oxygens (including phenoxy) is 2. The molecular formula is C25H31N3O4. The second kappa shape index (κ2) is 9.59. The molecule has 2 heterocycles. The van der Waals surface area contributed by atoms with Crippen molar-refractivity contribution in [1.29, 1.82) is 0 Å². The molecule has 7 nitrogen and oxygen atoms in total. The van der Waals surface area contributed by atoms with Crippen LogP contribution in [0.25, 0.3) is 0 Å². The van der Waals surface area contributed by atoms with Crippen molar-refractivity contribution in [3.63, 3.8) is 0 Å². The molecular weight excluding hydrogens is 406 g/mol. The number of hydrogen-bond acceptors (Lipinski definition) is 5. The summed E-state index contributed by atoms with van der Waals surface area (Å²) in [5, 5.41) is 3.30. The second-order valence-corrected chi connectivity index (χ2v) is 8.62. The minimum Gasteiger partial charge on any atom is -0.493 e. The normalized spacial score (nSPS) is 21.5. The van der Waals surface area contributed by atoms with Crippen molar-refractivity contribution < 1.29 is 19.1 Å². The van der Waals surface area contributed by atoms with Crippen molar-refractivity contribution in [2.24, 2.45) is 0 Å². The lowest BCUT2D eigenvalue weighted by Gasteiger charge is -2.40. The van der Waals surface area contributed by atoms with Crippen molar-refractivity contribution in [1.82, 2.24) is 15.2 Å². The van der Waals surface area contributed by atoms with E-state index in [0.29, 0.717) is 22.6 Å². The summed E-state index contributed by atoms with van der Waals surface area (Å²) in [6.07, 6.45) is 10.1. The Bertz CT molecular complexity index is 971. The Kier molecular flexibility index (Phi) is 6.63. The second-order valence-electron chi connectivity index (χ2n) is 8.62. The van der Waals surface area contributed by atoms with Crippen LogP contribution in [0.15, 0.2) is 36.7 Å². The highest BCUT2D eigenvalue weighted by Crippen LogP contribution is 2.45. The monoisotopic (exact) mass is 437 g/mol. The fourth-order valence-electron chi connectivity index (χ4n) is 5.01. The molecule has 0 radical (unpaired) electrons. The first-order valence-electron chi connectivity index (χ1n) is 11.3. The summed E-state index contributed by atoms with van der Waals surface area (Å²) in [7, 11) is 4.84. The van der Waals surface area contributed by atoms with Crippen LogP contribution in [0.5, 0.6) is 11.5 Å². The van der Waals surface area contributed by atoms with Gasteiger partial charge in [-0.05, 0) is 42.2 Å². The Hall–Kier alpha value is -3.09. The molecule has 1 aromatic heterocycles. The zero-order chi connectivity index (χ0) is 22.7. The van der Waals surface area contributed by atoms with E-state index in [0.717, 1.165) is 31.2 Å². The predicted molar refractivity (Wildman–Crippen MR) is 121 cm³/mol. The third-order valence-corrected chi connectivity index (χ3v) is 6.68. The first-order chi connectivity index (χ1) is 15.5. The van der Waals surface area contributed by atoms with Gasteiger partial charge >= 0.3 is 0 Å². The Morgan fingerprint density at radius 1 is 1.09 bits per heavy atom. The van der Waals surface area contributed by atoms with E-state index >= 15 is 0 Å². The van der Waals surface area contributed by atoms with E-state index in [9.17, 15) is 9.59 Å². The highest BCUT2D eigenvalue weighted by molar-refractivity contribution is 6.02. The quantitative estimate of drug-likeness (QED) is 0.719. The van der Waals surface area contributed by atoms with Crippen LogP contribution in [0.1, 0.15) is 72.0 Å². The van der Waals surface area contributed by atoms with Crippen molar-refractivity contribution in [2.45, 2.75) is 56.5 Å². The van der Waals surface area contributed by atoms with Crippen LogP contribution in [0, 0.1) is 0 Å². The minimum atomic E-state index is -0.583. The maximum Gasteiger partial charge on any atom is 0.254 e. The molecule has 32 heavy (non-hydrogen) atoms. The van der Waals surface area contributed by atoms with Crippen molar-refractivity contribution >= 4 is 11.8 Å². The van der Waals surface area contributed by atoms with Gasteiger partial charge in [-0.1, -0.05) is 31.7 Å². The van der Waals surface area contributed by atoms with Gasteiger partial charge in [0, 0.05) is 31.0 Å². The summed E-state index contributed by atoms with van der Waals surface area (Å²) in [4.78, 5) is 33.0. The first-order valence-corrected chi connectivity index (χ1v) is 11.3. The van der Waals surface area contributed by atoms with Crippen LogP contribution in [0.2, 0.25) is 0 Å². The van der Waals surface area contributed by atoms with E-state index in [4.69, 9.17) is 9.47 Å². The zero-order valence-electron chi connectivity index (χ0n) is 19.0. The highest BCUT2D eigenvalue weighted by Gasteiger charge is 2.44. The van der Waals surface area contributed by atoms with Crippen molar-refractivity contribution in [3.8, 4) is 11.5 Å². The molecule has 7 heteroatoms. The average molecular weight is 438 g/mol. The molecule has 0 bridgehead atoms. The van der Waals surface area contributed by atoms with Crippen LogP contribution in [0.3, 0.4) is 0 Å². The maximum atomic E-state index is 13.8. The number of carbonyl (C=O) groups is 2. The van der Waals surface area contributed by atoms with E-state index < -0.39 is 12.0 Å². The summed E-state index contributed by atoms with van der Waals surface area (Å²) in [6, 6.07) is 6.90. The summed E-state index contributed by atoms with van der Waals surface area (Å²) in [5.74, 6) is 0.156. The van der Waals surface area contributed by atoms with Gasteiger partial charge < -0.3 is 19.7 Å². The van der Waals surface area contributed by atoms with Crippen LogP contribution >= 0.6 is 0 Å². The minimum absolute atomic E-state index is 0.0708. The molecule has 170 valence electrons. The third kappa shape index (κ3) is 4.16. The van der Waals surface area contributed by atoms with Crippen molar-refractivity contribution in [2.75, 3.05) is 21.3 Å². The van der Waals surface area contributed by atoms with E-state index in [1.54, 1.807) is 43.6 Å². The molecule has 2 atom stereocenters. The number of rotatable bonds is 5. The van der Waals surface area contributed by atoms with Crippen molar-refractivity contribution in [3.05, 3.63) is 53.3 Å². The van der Waals surface area contributed by atoms with Crippen LogP contribution in [-0.2, 0) is 4.79 Å². The van der Waals surface area contributed by atoms with Gasteiger partial charge in [-0.2, -0.15) is 0 Å². The highest BCUT2D eigenvalue weighted by atomic mass is 16.5. The summed E-state index contributed by atoms with van der Waals surface area (Å²) in [6.45, 7) is 0. The van der Waals surface area contributed by atoms with E-state index in [-0.39, 0.29) is 17.9 Å². The number of amides is 2.